The molecular weight excluding hydrogens is 196 g/mol. The fourth-order valence-electron chi connectivity index (χ4n) is 3.02. The van der Waals surface area contributed by atoms with Crippen LogP contribution in [0.4, 0.5) is 0 Å². The van der Waals surface area contributed by atoms with Crippen LogP contribution in [0.15, 0.2) is 12.2 Å². The third-order valence-corrected chi connectivity index (χ3v) is 4.48. The van der Waals surface area contributed by atoms with Crippen LogP contribution in [0, 0.1) is 11.3 Å². The molecule has 0 aromatic carbocycles. The Kier molecular flexibility index (Phi) is 4.76. The van der Waals surface area contributed by atoms with Crippen LogP contribution in [-0.2, 0) is 4.79 Å². The van der Waals surface area contributed by atoms with Crippen LogP contribution in [0.1, 0.15) is 65.7 Å². The molecule has 0 atom stereocenters. The van der Waals surface area contributed by atoms with Gasteiger partial charge < -0.3 is 0 Å². The van der Waals surface area contributed by atoms with Crippen molar-refractivity contribution in [3.63, 3.8) is 0 Å². The first-order chi connectivity index (χ1) is 7.55. The van der Waals surface area contributed by atoms with Gasteiger partial charge in [-0.25, -0.2) is 0 Å². The van der Waals surface area contributed by atoms with E-state index in [9.17, 15) is 4.79 Å². The summed E-state index contributed by atoms with van der Waals surface area (Å²) < 4.78 is 0. The summed E-state index contributed by atoms with van der Waals surface area (Å²) in [4.78, 5) is 11.8. The Hall–Kier alpha value is -0.590. The van der Waals surface area contributed by atoms with Gasteiger partial charge in [-0.2, -0.15) is 0 Å². The molecule has 0 saturated heterocycles. The Morgan fingerprint density at radius 2 is 1.88 bits per heavy atom. The predicted molar refractivity (Wildman–Crippen MR) is 69.4 cm³/mol. The molecule has 92 valence electrons. The van der Waals surface area contributed by atoms with Crippen molar-refractivity contribution in [1.29, 1.82) is 0 Å². The van der Waals surface area contributed by atoms with Gasteiger partial charge in [-0.1, -0.05) is 26.0 Å². The van der Waals surface area contributed by atoms with Crippen molar-refractivity contribution in [2.75, 3.05) is 0 Å². The molecule has 1 aliphatic rings. The monoisotopic (exact) mass is 222 g/mol. The molecule has 0 heterocycles. The van der Waals surface area contributed by atoms with E-state index in [1.165, 1.54) is 24.8 Å². The molecule has 1 fully saturated rings. The molecule has 0 aliphatic heterocycles. The maximum atomic E-state index is 11.8. The lowest BCUT2D eigenvalue weighted by Crippen LogP contribution is -2.30. The van der Waals surface area contributed by atoms with E-state index in [1.807, 2.05) is 0 Å². The second kappa shape index (κ2) is 5.65. The topological polar surface area (TPSA) is 17.1 Å². The first-order valence-corrected chi connectivity index (χ1v) is 6.74. The van der Waals surface area contributed by atoms with E-state index < -0.39 is 0 Å². The maximum absolute atomic E-state index is 11.8. The average molecular weight is 222 g/mol. The molecule has 0 aromatic rings. The molecule has 1 heteroatoms. The van der Waals surface area contributed by atoms with E-state index in [1.54, 1.807) is 0 Å². The molecule has 1 nitrogen and oxygen atoms in total. The van der Waals surface area contributed by atoms with Crippen molar-refractivity contribution in [3.8, 4) is 0 Å². The van der Waals surface area contributed by atoms with E-state index in [2.05, 4.69) is 27.4 Å². The van der Waals surface area contributed by atoms with Crippen molar-refractivity contribution in [3.05, 3.63) is 12.2 Å². The third-order valence-electron chi connectivity index (χ3n) is 4.48. The van der Waals surface area contributed by atoms with Gasteiger partial charge in [-0.3, -0.25) is 4.79 Å². The predicted octanol–water partition coefficient (Wildman–Crippen LogP) is 4.52. The Bertz CT molecular complexity index is 257. The number of ketones is 1. The minimum absolute atomic E-state index is 0.336. The van der Waals surface area contributed by atoms with Crippen molar-refractivity contribution < 1.29 is 4.79 Å². The maximum Gasteiger partial charge on any atom is 0.135 e. The summed E-state index contributed by atoms with van der Waals surface area (Å²) in [7, 11) is 0. The van der Waals surface area contributed by atoms with Gasteiger partial charge in [0.15, 0.2) is 0 Å². The molecular formula is C15H26O. The molecule has 1 saturated carbocycles. The highest BCUT2D eigenvalue weighted by atomic mass is 16.1. The fourth-order valence-corrected chi connectivity index (χ4v) is 3.02. The van der Waals surface area contributed by atoms with Gasteiger partial charge in [-0.05, 0) is 50.9 Å². The van der Waals surface area contributed by atoms with Crippen molar-refractivity contribution in [2.45, 2.75) is 65.7 Å². The van der Waals surface area contributed by atoms with Crippen molar-refractivity contribution >= 4 is 5.78 Å². The average Bonchev–Trinajstić information content (AvgIpc) is 2.29. The quantitative estimate of drug-likeness (QED) is 0.625. The minimum atomic E-state index is 0.336. The normalized spacial score (nSPS) is 30.1. The lowest BCUT2D eigenvalue weighted by atomic mass is 9.65. The van der Waals surface area contributed by atoms with E-state index in [-0.39, 0.29) is 0 Å². The Labute approximate surface area is 100 Å². The highest BCUT2D eigenvalue weighted by Gasteiger charge is 2.36. The van der Waals surface area contributed by atoms with Crippen molar-refractivity contribution in [1.82, 2.24) is 0 Å². The first kappa shape index (κ1) is 13.5. The number of rotatable bonds is 5. The molecule has 0 N–H and O–H groups in total. The third kappa shape index (κ3) is 2.75. The standard InChI is InChI=1S/C15H26O/c1-5-7-14(16)13-8-10-15(6-2,11-9-13)12(3)4/h13H,3,5-11H2,1-2,4H3. The second-order valence-corrected chi connectivity index (χ2v) is 5.40. The van der Waals surface area contributed by atoms with E-state index in [0.717, 1.165) is 25.7 Å². The molecule has 16 heavy (non-hydrogen) atoms. The zero-order chi connectivity index (χ0) is 12.2. The highest BCUT2D eigenvalue weighted by Crippen LogP contribution is 2.46. The number of hydrogen-bond donors (Lipinski definition) is 0. The highest BCUT2D eigenvalue weighted by molar-refractivity contribution is 5.81. The Morgan fingerprint density at radius 1 is 1.31 bits per heavy atom. The van der Waals surface area contributed by atoms with Crippen LogP contribution >= 0.6 is 0 Å². The van der Waals surface area contributed by atoms with E-state index in [0.29, 0.717) is 17.1 Å². The summed E-state index contributed by atoms with van der Waals surface area (Å²) in [5.41, 5.74) is 1.65. The van der Waals surface area contributed by atoms with Gasteiger partial charge in [0.05, 0.1) is 0 Å². The van der Waals surface area contributed by atoms with Gasteiger partial charge >= 0.3 is 0 Å². The zero-order valence-corrected chi connectivity index (χ0v) is 11.1. The number of carbonyl (C=O) groups is 1. The Balaban J connectivity index is 2.56. The van der Waals surface area contributed by atoms with Crippen LogP contribution in [0.3, 0.4) is 0 Å². The summed E-state index contributed by atoms with van der Waals surface area (Å²) in [6, 6.07) is 0. The summed E-state index contributed by atoms with van der Waals surface area (Å²) in [5.74, 6) is 0.841. The molecule has 0 amide bonds. The van der Waals surface area contributed by atoms with Gasteiger partial charge in [0.25, 0.3) is 0 Å². The van der Waals surface area contributed by atoms with Crippen LogP contribution < -0.4 is 0 Å². The molecule has 0 unspecified atom stereocenters. The van der Waals surface area contributed by atoms with Crippen LogP contribution in [0.25, 0.3) is 0 Å². The zero-order valence-electron chi connectivity index (χ0n) is 11.1. The van der Waals surface area contributed by atoms with Crippen LogP contribution in [0.5, 0.6) is 0 Å². The van der Waals surface area contributed by atoms with E-state index >= 15 is 0 Å². The minimum Gasteiger partial charge on any atom is -0.299 e. The van der Waals surface area contributed by atoms with E-state index in [4.69, 9.17) is 0 Å². The van der Waals surface area contributed by atoms with Crippen LogP contribution in [-0.4, -0.2) is 5.78 Å². The SMILES string of the molecule is C=C(C)C1(CC)CCC(C(=O)CCC)CC1. The largest absolute Gasteiger partial charge is 0.299 e. The van der Waals surface area contributed by atoms with Gasteiger partial charge in [0.2, 0.25) is 0 Å². The molecule has 0 spiro atoms. The fraction of sp³-hybridized carbons (Fsp3) is 0.800. The van der Waals surface area contributed by atoms with Crippen molar-refractivity contribution in [2.24, 2.45) is 11.3 Å². The summed E-state index contributed by atoms with van der Waals surface area (Å²) >= 11 is 0. The second-order valence-electron chi connectivity index (χ2n) is 5.40. The van der Waals surface area contributed by atoms with Crippen LogP contribution in [0.2, 0.25) is 0 Å². The smallest absolute Gasteiger partial charge is 0.135 e. The number of carbonyl (C=O) groups excluding carboxylic acids is 1. The van der Waals surface area contributed by atoms with Gasteiger partial charge in [0, 0.05) is 12.3 Å². The van der Waals surface area contributed by atoms with Gasteiger partial charge in [0.1, 0.15) is 5.78 Å². The lowest BCUT2D eigenvalue weighted by molar-refractivity contribution is -0.124. The molecule has 0 aromatic heterocycles. The first-order valence-electron chi connectivity index (χ1n) is 6.74. The summed E-state index contributed by atoms with van der Waals surface area (Å²) in [6.45, 7) is 10.6. The van der Waals surface area contributed by atoms with Gasteiger partial charge in [-0.15, -0.1) is 0 Å². The molecule has 1 aliphatic carbocycles. The summed E-state index contributed by atoms with van der Waals surface area (Å²) in [6.07, 6.45) is 7.44. The lowest BCUT2D eigenvalue weighted by Gasteiger charge is -2.40. The Morgan fingerprint density at radius 3 is 2.25 bits per heavy atom. The number of Topliss-reactive ketones (excluding diaryl/α,β-unsaturated/α-hetero) is 1. The summed E-state index contributed by atoms with van der Waals surface area (Å²) in [5, 5.41) is 0. The number of hydrogen-bond acceptors (Lipinski definition) is 1. The molecule has 0 bridgehead atoms. The molecule has 0 radical (unpaired) electrons. The molecule has 1 rings (SSSR count). The number of allylic oxidation sites excluding steroid dienone is 1.